The zero-order valence-electron chi connectivity index (χ0n) is 10.5. The third-order valence-electron chi connectivity index (χ3n) is 2.57. The van der Waals surface area contributed by atoms with E-state index in [2.05, 4.69) is 25.8 Å². The minimum Gasteiger partial charge on any atom is -0.443 e. The highest BCUT2D eigenvalue weighted by Crippen LogP contribution is 2.29. The van der Waals surface area contributed by atoms with Crippen LogP contribution in [0.2, 0.25) is 0 Å². The minimum atomic E-state index is -0.100. The molecular formula is C14H18N2O. The molecule has 2 aromatic rings. The normalized spacial score (nSPS) is 11.8. The van der Waals surface area contributed by atoms with Gasteiger partial charge in [-0.15, -0.1) is 0 Å². The third kappa shape index (κ3) is 2.39. The van der Waals surface area contributed by atoms with Gasteiger partial charge in [-0.1, -0.05) is 51.1 Å². The molecule has 0 saturated carbocycles. The van der Waals surface area contributed by atoms with Gasteiger partial charge in [-0.2, -0.15) is 0 Å². The van der Waals surface area contributed by atoms with Crippen LogP contribution in [0, 0.1) is 0 Å². The number of benzene rings is 1. The van der Waals surface area contributed by atoms with Gasteiger partial charge in [0.2, 0.25) is 0 Å². The molecule has 90 valence electrons. The first-order valence-corrected chi connectivity index (χ1v) is 5.78. The van der Waals surface area contributed by atoms with Gasteiger partial charge in [0.25, 0.3) is 0 Å². The van der Waals surface area contributed by atoms with Gasteiger partial charge < -0.3 is 10.2 Å². The van der Waals surface area contributed by atoms with Gasteiger partial charge in [0.1, 0.15) is 11.5 Å². The molecule has 0 aliphatic rings. The van der Waals surface area contributed by atoms with Crippen molar-refractivity contribution in [2.24, 2.45) is 5.73 Å². The summed E-state index contributed by atoms with van der Waals surface area (Å²) in [6.45, 7) is 6.60. The monoisotopic (exact) mass is 230 g/mol. The van der Waals surface area contributed by atoms with Crippen LogP contribution in [0.4, 0.5) is 0 Å². The molecular weight excluding hydrogens is 212 g/mol. The van der Waals surface area contributed by atoms with Crippen molar-refractivity contribution in [1.82, 2.24) is 4.98 Å². The number of hydrogen-bond acceptors (Lipinski definition) is 3. The van der Waals surface area contributed by atoms with E-state index in [1.165, 1.54) is 0 Å². The largest absolute Gasteiger partial charge is 0.443 e. The van der Waals surface area contributed by atoms with Crippen LogP contribution in [0.1, 0.15) is 32.4 Å². The Hall–Kier alpha value is -1.61. The Bertz CT molecular complexity index is 495. The van der Waals surface area contributed by atoms with Gasteiger partial charge in [-0.05, 0) is 0 Å². The van der Waals surface area contributed by atoms with Crippen LogP contribution in [-0.2, 0) is 12.0 Å². The average Bonchev–Trinajstić information content (AvgIpc) is 2.73. The minimum absolute atomic E-state index is 0.100. The molecule has 0 aliphatic carbocycles. The Balaban J connectivity index is 2.51. The second-order valence-corrected chi connectivity index (χ2v) is 5.11. The summed E-state index contributed by atoms with van der Waals surface area (Å²) in [5, 5.41) is 0. The van der Waals surface area contributed by atoms with Gasteiger partial charge in [0.15, 0.2) is 5.89 Å². The fraction of sp³-hybridized carbons (Fsp3) is 0.357. The maximum absolute atomic E-state index is 5.75. The predicted octanol–water partition coefficient (Wildman–Crippen LogP) is 3.10. The van der Waals surface area contributed by atoms with E-state index in [9.17, 15) is 0 Å². The van der Waals surface area contributed by atoms with Crippen molar-refractivity contribution in [3.63, 3.8) is 0 Å². The standard InChI is InChI=1S/C14H18N2O/c1-14(2,3)13-16-12(11(9-15)17-13)10-7-5-4-6-8-10/h4-8H,9,15H2,1-3H3. The lowest BCUT2D eigenvalue weighted by Gasteiger charge is -2.11. The molecule has 0 spiro atoms. The number of aromatic nitrogens is 1. The smallest absolute Gasteiger partial charge is 0.200 e. The Kier molecular flexibility index (Phi) is 3.03. The summed E-state index contributed by atoms with van der Waals surface area (Å²) >= 11 is 0. The van der Waals surface area contributed by atoms with Crippen molar-refractivity contribution < 1.29 is 4.42 Å². The first-order chi connectivity index (χ1) is 8.02. The molecule has 0 saturated heterocycles. The van der Waals surface area contributed by atoms with Crippen LogP contribution in [0.15, 0.2) is 34.7 Å². The van der Waals surface area contributed by atoms with Gasteiger partial charge >= 0.3 is 0 Å². The van der Waals surface area contributed by atoms with Crippen LogP contribution in [0.25, 0.3) is 11.3 Å². The molecule has 3 heteroatoms. The first-order valence-electron chi connectivity index (χ1n) is 5.78. The summed E-state index contributed by atoms with van der Waals surface area (Å²) in [5.74, 6) is 1.48. The average molecular weight is 230 g/mol. The van der Waals surface area contributed by atoms with E-state index in [0.717, 1.165) is 22.9 Å². The van der Waals surface area contributed by atoms with Crippen molar-refractivity contribution >= 4 is 0 Å². The highest BCUT2D eigenvalue weighted by molar-refractivity contribution is 5.61. The Morgan fingerprint density at radius 2 is 1.82 bits per heavy atom. The fourth-order valence-electron chi connectivity index (χ4n) is 1.63. The maximum Gasteiger partial charge on any atom is 0.200 e. The Morgan fingerprint density at radius 1 is 1.18 bits per heavy atom. The topological polar surface area (TPSA) is 52.0 Å². The molecule has 1 aromatic heterocycles. The predicted molar refractivity (Wildman–Crippen MR) is 68.5 cm³/mol. The van der Waals surface area contributed by atoms with E-state index in [0.29, 0.717) is 6.54 Å². The molecule has 0 unspecified atom stereocenters. The third-order valence-corrected chi connectivity index (χ3v) is 2.57. The lowest BCUT2D eigenvalue weighted by atomic mass is 9.97. The highest BCUT2D eigenvalue weighted by atomic mass is 16.4. The van der Waals surface area contributed by atoms with Crippen molar-refractivity contribution in [3.8, 4) is 11.3 Å². The number of hydrogen-bond donors (Lipinski definition) is 1. The van der Waals surface area contributed by atoms with Gasteiger partial charge in [0.05, 0.1) is 6.54 Å². The number of nitrogens with two attached hydrogens (primary N) is 1. The fourth-order valence-corrected chi connectivity index (χ4v) is 1.63. The number of rotatable bonds is 2. The van der Waals surface area contributed by atoms with Gasteiger partial charge in [-0.25, -0.2) is 4.98 Å². The molecule has 0 atom stereocenters. The summed E-state index contributed by atoms with van der Waals surface area (Å²) in [6.07, 6.45) is 0. The van der Waals surface area contributed by atoms with Crippen molar-refractivity contribution in [2.45, 2.75) is 32.7 Å². The van der Waals surface area contributed by atoms with Crippen LogP contribution in [-0.4, -0.2) is 4.98 Å². The van der Waals surface area contributed by atoms with E-state index in [4.69, 9.17) is 10.2 Å². The van der Waals surface area contributed by atoms with Gasteiger partial charge in [0, 0.05) is 11.0 Å². The van der Waals surface area contributed by atoms with E-state index in [-0.39, 0.29) is 5.41 Å². The maximum atomic E-state index is 5.75. The molecule has 1 heterocycles. The van der Waals surface area contributed by atoms with Crippen LogP contribution in [0.5, 0.6) is 0 Å². The van der Waals surface area contributed by atoms with Crippen LogP contribution < -0.4 is 5.73 Å². The van der Waals surface area contributed by atoms with E-state index < -0.39 is 0 Å². The molecule has 0 fully saturated rings. The summed E-state index contributed by atoms with van der Waals surface area (Å²) in [6, 6.07) is 9.99. The molecule has 3 nitrogen and oxygen atoms in total. The van der Waals surface area contributed by atoms with Gasteiger partial charge in [-0.3, -0.25) is 0 Å². The zero-order valence-corrected chi connectivity index (χ0v) is 10.5. The first kappa shape index (κ1) is 11.9. The number of nitrogens with zero attached hydrogens (tertiary/aromatic N) is 1. The molecule has 0 radical (unpaired) electrons. The lowest BCUT2D eigenvalue weighted by molar-refractivity contribution is 0.373. The summed E-state index contributed by atoms with van der Waals surface area (Å²) in [5.41, 5.74) is 7.52. The quantitative estimate of drug-likeness (QED) is 0.862. The molecule has 2 N–H and O–H groups in total. The Labute approximate surface area is 102 Å². The molecule has 0 bridgehead atoms. The number of oxazole rings is 1. The van der Waals surface area contributed by atoms with Crippen molar-refractivity contribution in [1.29, 1.82) is 0 Å². The van der Waals surface area contributed by atoms with E-state index in [1.54, 1.807) is 0 Å². The molecule has 0 aliphatic heterocycles. The summed E-state index contributed by atoms with van der Waals surface area (Å²) < 4.78 is 5.75. The Morgan fingerprint density at radius 3 is 2.35 bits per heavy atom. The lowest BCUT2D eigenvalue weighted by Crippen LogP contribution is -2.11. The van der Waals surface area contributed by atoms with Crippen molar-refractivity contribution in [2.75, 3.05) is 0 Å². The van der Waals surface area contributed by atoms with Crippen LogP contribution in [0.3, 0.4) is 0 Å². The highest BCUT2D eigenvalue weighted by Gasteiger charge is 2.23. The molecule has 17 heavy (non-hydrogen) atoms. The second-order valence-electron chi connectivity index (χ2n) is 5.11. The molecule has 0 amide bonds. The van der Waals surface area contributed by atoms with E-state index in [1.807, 2.05) is 30.3 Å². The molecule has 2 rings (SSSR count). The summed E-state index contributed by atoms with van der Waals surface area (Å²) in [4.78, 5) is 4.58. The SMILES string of the molecule is CC(C)(C)c1nc(-c2ccccc2)c(CN)o1. The van der Waals surface area contributed by atoms with Crippen molar-refractivity contribution in [3.05, 3.63) is 42.0 Å². The summed E-state index contributed by atoms with van der Waals surface area (Å²) in [7, 11) is 0. The zero-order chi connectivity index (χ0) is 12.5. The molecule has 1 aromatic carbocycles. The van der Waals surface area contributed by atoms with Crippen LogP contribution >= 0.6 is 0 Å². The van der Waals surface area contributed by atoms with E-state index >= 15 is 0 Å². The second kappa shape index (κ2) is 4.34.